The van der Waals surface area contributed by atoms with Crippen molar-refractivity contribution in [2.75, 3.05) is 19.8 Å². The molecule has 1 aromatic heterocycles. The molecule has 0 radical (unpaired) electrons. The maximum Gasteiger partial charge on any atom is 0.163 e. The van der Waals surface area contributed by atoms with E-state index >= 15 is 0 Å². The largest absolute Gasteiger partial charge is 0.486 e. The first-order chi connectivity index (χ1) is 12.3. The highest BCUT2D eigenvalue weighted by molar-refractivity contribution is 5.80. The molecule has 130 valence electrons. The molecule has 5 nitrogen and oxygen atoms in total. The smallest absolute Gasteiger partial charge is 0.163 e. The van der Waals surface area contributed by atoms with E-state index in [-0.39, 0.29) is 0 Å². The molecule has 0 saturated heterocycles. The summed E-state index contributed by atoms with van der Waals surface area (Å²) in [6.45, 7) is 2.74. The van der Waals surface area contributed by atoms with Crippen LogP contribution in [-0.2, 0) is 19.4 Å². The van der Waals surface area contributed by atoms with Crippen molar-refractivity contribution >= 4 is 11.0 Å². The van der Waals surface area contributed by atoms with E-state index in [9.17, 15) is 0 Å². The van der Waals surface area contributed by atoms with Crippen molar-refractivity contribution in [3.63, 3.8) is 0 Å². The third-order valence-electron chi connectivity index (χ3n) is 4.56. The minimum Gasteiger partial charge on any atom is -0.486 e. The van der Waals surface area contributed by atoms with Crippen molar-refractivity contribution in [3.8, 4) is 11.5 Å². The molecule has 0 bridgehead atoms. The molecule has 0 fully saturated rings. The number of nitrogens with two attached hydrogens (primary N) is 1. The Balaban J connectivity index is 1.70. The van der Waals surface area contributed by atoms with E-state index in [4.69, 9.17) is 20.2 Å². The average molecular weight is 337 g/mol. The molecule has 2 heterocycles. The molecule has 0 atom stereocenters. The lowest BCUT2D eigenvalue weighted by atomic mass is 10.1. The molecule has 4 rings (SSSR count). The zero-order chi connectivity index (χ0) is 17.1. The summed E-state index contributed by atoms with van der Waals surface area (Å²) in [7, 11) is 0. The van der Waals surface area contributed by atoms with E-state index in [1.54, 1.807) is 0 Å². The number of aryl methyl sites for hydroxylation is 3. The molecular formula is C20H23N3O2. The second-order valence-corrected chi connectivity index (χ2v) is 6.29. The maximum atomic E-state index is 5.75. The molecule has 1 aliphatic rings. The van der Waals surface area contributed by atoms with Crippen LogP contribution in [-0.4, -0.2) is 29.3 Å². The molecule has 0 aliphatic carbocycles. The lowest BCUT2D eigenvalue weighted by Crippen LogP contribution is -2.15. The SMILES string of the molecule is NCCCc1nc2cc3c(cc2n1CCc1ccccc1)OCCO3. The lowest BCUT2D eigenvalue weighted by Gasteiger charge is -2.18. The van der Waals surface area contributed by atoms with Crippen molar-refractivity contribution in [1.29, 1.82) is 0 Å². The molecule has 5 heteroatoms. The number of nitrogens with zero attached hydrogens (tertiary/aromatic N) is 2. The Morgan fingerprint density at radius 2 is 1.76 bits per heavy atom. The summed E-state index contributed by atoms with van der Waals surface area (Å²) in [6.07, 6.45) is 2.78. The predicted molar refractivity (Wildman–Crippen MR) is 98.2 cm³/mol. The van der Waals surface area contributed by atoms with Crippen molar-refractivity contribution in [2.24, 2.45) is 5.73 Å². The summed E-state index contributed by atoms with van der Waals surface area (Å²) in [4.78, 5) is 4.84. The highest BCUT2D eigenvalue weighted by Gasteiger charge is 2.18. The van der Waals surface area contributed by atoms with Crippen molar-refractivity contribution in [3.05, 3.63) is 53.9 Å². The van der Waals surface area contributed by atoms with Crippen LogP contribution in [0, 0.1) is 0 Å². The summed E-state index contributed by atoms with van der Waals surface area (Å²) >= 11 is 0. The summed E-state index contributed by atoms with van der Waals surface area (Å²) in [6, 6.07) is 14.6. The monoisotopic (exact) mass is 337 g/mol. The van der Waals surface area contributed by atoms with Gasteiger partial charge in [-0.3, -0.25) is 0 Å². The van der Waals surface area contributed by atoms with E-state index in [0.29, 0.717) is 19.8 Å². The predicted octanol–water partition coefficient (Wildman–Crippen LogP) is 2.94. The Labute approximate surface area is 147 Å². The van der Waals surface area contributed by atoms with Crippen molar-refractivity contribution in [2.45, 2.75) is 25.8 Å². The van der Waals surface area contributed by atoms with Crippen LogP contribution >= 0.6 is 0 Å². The normalized spacial score (nSPS) is 13.3. The van der Waals surface area contributed by atoms with Gasteiger partial charge in [0, 0.05) is 25.1 Å². The first-order valence-electron chi connectivity index (χ1n) is 8.88. The Morgan fingerprint density at radius 1 is 1.00 bits per heavy atom. The second kappa shape index (κ2) is 7.15. The van der Waals surface area contributed by atoms with Gasteiger partial charge < -0.3 is 19.8 Å². The van der Waals surface area contributed by atoms with Crippen molar-refractivity contribution in [1.82, 2.24) is 9.55 Å². The van der Waals surface area contributed by atoms with Gasteiger partial charge in [0.1, 0.15) is 19.0 Å². The van der Waals surface area contributed by atoms with Gasteiger partial charge >= 0.3 is 0 Å². The van der Waals surface area contributed by atoms with Crippen molar-refractivity contribution < 1.29 is 9.47 Å². The van der Waals surface area contributed by atoms with Gasteiger partial charge in [-0.2, -0.15) is 0 Å². The van der Waals surface area contributed by atoms with E-state index in [0.717, 1.165) is 54.2 Å². The number of rotatable bonds is 6. The highest BCUT2D eigenvalue weighted by atomic mass is 16.6. The Hall–Kier alpha value is -2.53. The molecular weight excluding hydrogens is 314 g/mol. The average Bonchev–Trinajstić information content (AvgIpc) is 3.00. The van der Waals surface area contributed by atoms with Crippen LogP contribution in [0.2, 0.25) is 0 Å². The molecule has 0 spiro atoms. The number of hydrogen-bond acceptors (Lipinski definition) is 4. The number of benzene rings is 2. The Bertz CT molecular complexity index is 858. The first-order valence-corrected chi connectivity index (χ1v) is 8.88. The van der Waals surface area contributed by atoms with E-state index in [1.807, 2.05) is 12.1 Å². The number of hydrogen-bond donors (Lipinski definition) is 1. The van der Waals surface area contributed by atoms with Crippen LogP contribution in [0.25, 0.3) is 11.0 Å². The van der Waals surface area contributed by atoms with Crippen LogP contribution in [0.15, 0.2) is 42.5 Å². The summed E-state index contributed by atoms with van der Waals surface area (Å²) in [5.41, 5.74) is 9.10. The van der Waals surface area contributed by atoms with Gasteiger partial charge in [0.05, 0.1) is 11.0 Å². The fourth-order valence-corrected chi connectivity index (χ4v) is 3.30. The zero-order valence-corrected chi connectivity index (χ0v) is 14.3. The molecule has 0 amide bonds. The minimum atomic E-state index is 0.591. The van der Waals surface area contributed by atoms with Crippen LogP contribution in [0.1, 0.15) is 17.8 Å². The topological polar surface area (TPSA) is 62.3 Å². The molecule has 0 saturated carbocycles. The van der Waals surface area contributed by atoms with Gasteiger partial charge in [-0.25, -0.2) is 4.98 Å². The first kappa shape index (κ1) is 16.0. The zero-order valence-electron chi connectivity index (χ0n) is 14.3. The standard InChI is InChI=1S/C20H23N3O2/c21-9-4-7-20-22-16-13-18-19(25-12-11-24-18)14-17(16)23(20)10-8-15-5-2-1-3-6-15/h1-3,5-6,13-14H,4,7-12,21H2. The third-order valence-corrected chi connectivity index (χ3v) is 4.56. The van der Waals surface area contributed by atoms with Gasteiger partial charge in [-0.1, -0.05) is 30.3 Å². The van der Waals surface area contributed by atoms with Crippen LogP contribution in [0.5, 0.6) is 11.5 Å². The van der Waals surface area contributed by atoms with Crippen LogP contribution in [0.3, 0.4) is 0 Å². The Kier molecular flexibility index (Phi) is 4.57. The third kappa shape index (κ3) is 3.33. The second-order valence-electron chi connectivity index (χ2n) is 6.29. The number of fused-ring (bicyclic) bond motifs is 2. The minimum absolute atomic E-state index is 0.591. The van der Waals surface area contributed by atoms with E-state index in [2.05, 4.69) is 34.9 Å². The van der Waals surface area contributed by atoms with E-state index in [1.165, 1.54) is 5.56 Å². The molecule has 2 N–H and O–H groups in total. The Morgan fingerprint density at radius 3 is 2.52 bits per heavy atom. The quantitative estimate of drug-likeness (QED) is 0.751. The number of ether oxygens (including phenoxy) is 2. The highest BCUT2D eigenvalue weighted by Crippen LogP contribution is 2.35. The van der Waals surface area contributed by atoms with Crippen LogP contribution < -0.4 is 15.2 Å². The van der Waals surface area contributed by atoms with E-state index < -0.39 is 0 Å². The maximum absolute atomic E-state index is 5.75. The number of imidazole rings is 1. The van der Waals surface area contributed by atoms with Gasteiger partial charge in [-0.15, -0.1) is 0 Å². The fraction of sp³-hybridized carbons (Fsp3) is 0.350. The van der Waals surface area contributed by atoms with Gasteiger partial charge in [0.15, 0.2) is 11.5 Å². The number of aromatic nitrogens is 2. The molecule has 2 aromatic carbocycles. The van der Waals surface area contributed by atoms with Gasteiger partial charge in [-0.05, 0) is 24.9 Å². The molecule has 1 aliphatic heterocycles. The molecule has 25 heavy (non-hydrogen) atoms. The van der Waals surface area contributed by atoms with Gasteiger partial charge in [0.2, 0.25) is 0 Å². The van der Waals surface area contributed by atoms with Crippen LogP contribution in [0.4, 0.5) is 0 Å². The summed E-state index contributed by atoms with van der Waals surface area (Å²) in [5.74, 6) is 2.68. The summed E-state index contributed by atoms with van der Waals surface area (Å²) < 4.78 is 13.8. The summed E-state index contributed by atoms with van der Waals surface area (Å²) in [5, 5.41) is 0. The lowest BCUT2D eigenvalue weighted by molar-refractivity contribution is 0.172. The fourth-order valence-electron chi connectivity index (χ4n) is 3.30. The molecule has 3 aromatic rings. The van der Waals surface area contributed by atoms with Gasteiger partial charge in [0.25, 0.3) is 0 Å². The molecule has 0 unspecified atom stereocenters.